The van der Waals surface area contributed by atoms with Crippen LogP contribution in [0.3, 0.4) is 0 Å². The molecule has 20 heteroatoms. The third-order valence-electron chi connectivity index (χ3n) is 7.78. The molecule has 6 N–H and O–H groups in total. The van der Waals surface area contributed by atoms with Crippen LogP contribution in [0.25, 0.3) is 22.1 Å². The van der Waals surface area contributed by atoms with Gasteiger partial charge in [-0.25, -0.2) is 9.97 Å². The number of fused-ring (bicyclic) bond motifs is 2. The standard InChI is InChI=1S/C33H22Cl2F6N6O4S2/c34-17-3-7-19-23(11-17)46-29(44-19)52-13-27(50)42-21-5-1-15(9-25(21)48)31(32(36,37)38,33(39,40)41)16-2-6-22(26(49)10-16)43-28(51)14-53-30-45-20-8-4-18(35)12-24(20)47-30/h1-12,48-49H,13-14H2,(H,42,50)(H,43,51)(H,44,46)(H,45,47). The molecule has 4 aromatic carbocycles. The van der Waals surface area contributed by atoms with Crippen LogP contribution in [-0.4, -0.2) is 65.8 Å². The average Bonchev–Trinajstić information content (AvgIpc) is 3.67. The number of phenols is 2. The molecule has 0 unspecified atom stereocenters. The molecule has 10 nitrogen and oxygen atoms in total. The van der Waals surface area contributed by atoms with Gasteiger partial charge in [-0.2, -0.15) is 26.3 Å². The number of nitrogens with one attached hydrogen (secondary N) is 4. The third kappa shape index (κ3) is 7.81. The van der Waals surface area contributed by atoms with Gasteiger partial charge in [0.05, 0.1) is 44.9 Å². The van der Waals surface area contributed by atoms with E-state index in [1.54, 1.807) is 36.4 Å². The summed E-state index contributed by atoms with van der Waals surface area (Å²) in [5.41, 5.74) is -6.27. The van der Waals surface area contributed by atoms with Gasteiger partial charge in [0.2, 0.25) is 17.2 Å². The van der Waals surface area contributed by atoms with Gasteiger partial charge < -0.3 is 30.8 Å². The summed E-state index contributed by atoms with van der Waals surface area (Å²) in [7, 11) is 0. The van der Waals surface area contributed by atoms with Crippen molar-refractivity contribution in [1.29, 1.82) is 0 Å². The summed E-state index contributed by atoms with van der Waals surface area (Å²) in [5, 5.41) is 27.2. The molecule has 2 aromatic heterocycles. The fraction of sp³-hybridized carbons (Fsp3) is 0.152. The minimum absolute atomic E-state index is 0.239. The number of phenolic OH excluding ortho intramolecular Hbond substituents is 2. The first-order valence-electron chi connectivity index (χ1n) is 14.9. The molecule has 0 aliphatic heterocycles. The highest BCUT2D eigenvalue weighted by molar-refractivity contribution is 8.00. The van der Waals surface area contributed by atoms with Crippen molar-refractivity contribution in [2.45, 2.75) is 28.1 Å². The van der Waals surface area contributed by atoms with Gasteiger partial charge in [-0.15, -0.1) is 0 Å². The van der Waals surface area contributed by atoms with Crippen molar-refractivity contribution in [3.8, 4) is 11.5 Å². The highest BCUT2D eigenvalue weighted by Gasteiger charge is 2.72. The molecule has 0 atom stereocenters. The van der Waals surface area contributed by atoms with E-state index >= 15 is 0 Å². The molecule has 53 heavy (non-hydrogen) atoms. The molecular weight excluding hydrogens is 793 g/mol. The molecule has 276 valence electrons. The Kier molecular flexibility index (Phi) is 10.4. The van der Waals surface area contributed by atoms with Gasteiger partial charge in [0, 0.05) is 10.0 Å². The Morgan fingerprint density at radius 1 is 0.642 bits per heavy atom. The SMILES string of the molecule is O=C(CSc1nc2ccc(Cl)cc2[nH]1)Nc1ccc(C(c2ccc(NC(=O)CSc3nc4ccc(Cl)cc4[nH]3)c(O)c2)(C(F)(F)F)C(F)(F)F)cc1O. The van der Waals surface area contributed by atoms with Crippen LogP contribution in [0, 0.1) is 0 Å². The van der Waals surface area contributed by atoms with Gasteiger partial charge in [0.1, 0.15) is 11.5 Å². The van der Waals surface area contributed by atoms with E-state index in [0.29, 0.717) is 66.7 Å². The molecule has 2 heterocycles. The number of anilines is 2. The van der Waals surface area contributed by atoms with Crippen molar-refractivity contribution >= 4 is 92.0 Å². The van der Waals surface area contributed by atoms with Crippen molar-refractivity contribution < 1.29 is 46.1 Å². The number of benzene rings is 4. The fourth-order valence-corrected chi connectivity index (χ4v) is 7.13. The van der Waals surface area contributed by atoms with Crippen LogP contribution in [0.1, 0.15) is 11.1 Å². The molecule has 0 aliphatic rings. The average molecular weight is 816 g/mol. The van der Waals surface area contributed by atoms with E-state index in [2.05, 4.69) is 30.6 Å². The lowest BCUT2D eigenvalue weighted by molar-refractivity contribution is -0.288. The maximum absolute atomic E-state index is 14.8. The maximum Gasteiger partial charge on any atom is 0.411 e. The van der Waals surface area contributed by atoms with Crippen molar-refractivity contribution in [2.75, 3.05) is 22.1 Å². The monoisotopic (exact) mass is 814 g/mol. The second kappa shape index (κ2) is 14.6. The normalized spacial score (nSPS) is 12.4. The van der Waals surface area contributed by atoms with E-state index in [9.17, 15) is 46.1 Å². The highest BCUT2D eigenvalue weighted by Crippen LogP contribution is 2.57. The zero-order chi connectivity index (χ0) is 38.3. The van der Waals surface area contributed by atoms with E-state index in [1.807, 2.05) is 0 Å². The van der Waals surface area contributed by atoms with Crippen LogP contribution in [0.4, 0.5) is 37.7 Å². The molecule has 0 radical (unpaired) electrons. The summed E-state index contributed by atoms with van der Waals surface area (Å²) in [6.07, 6.45) is -12.1. The van der Waals surface area contributed by atoms with E-state index in [1.165, 1.54) is 0 Å². The van der Waals surface area contributed by atoms with Gasteiger partial charge >= 0.3 is 12.4 Å². The van der Waals surface area contributed by atoms with Gasteiger partial charge in [0.25, 0.3) is 0 Å². The number of hydrogen-bond donors (Lipinski definition) is 6. The van der Waals surface area contributed by atoms with Crippen molar-refractivity contribution in [3.63, 3.8) is 0 Å². The number of aromatic amines is 2. The maximum atomic E-state index is 14.8. The Morgan fingerprint density at radius 2 is 1.04 bits per heavy atom. The Hall–Kier alpha value is -4.78. The molecule has 0 fully saturated rings. The predicted octanol–water partition coefficient (Wildman–Crippen LogP) is 9.03. The van der Waals surface area contributed by atoms with Gasteiger partial charge in [0.15, 0.2) is 10.3 Å². The Balaban J connectivity index is 1.20. The van der Waals surface area contributed by atoms with Crippen LogP contribution in [0.2, 0.25) is 10.0 Å². The van der Waals surface area contributed by atoms with Gasteiger partial charge in [-0.1, -0.05) is 58.9 Å². The van der Waals surface area contributed by atoms with Crippen LogP contribution < -0.4 is 10.6 Å². The van der Waals surface area contributed by atoms with Crippen molar-refractivity contribution in [1.82, 2.24) is 19.9 Å². The number of carbonyl (C=O) groups excluding carboxylic acids is 2. The largest absolute Gasteiger partial charge is 0.506 e. The molecule has 0 spiro atoms. The minimum Gasteiger partial charge on any atom is -0.506 e. The molecule has 2 amide bonds. The Labute approximate surface area is 312 Å². The van der Waals surface area contributed by atoms with Crippen LogP contribution >= 0.6 is 46.7 Å². The first kappa shape index (κ1) is 38.0. The topological polar surface area (TPSA) is 156 Å². The summed E-state index contributed by atoms with van der Waals surface area (Å²) >= 11 is 13.8. The van der Waals surface area contributed by atoms with Gasteiger partial charge in [-0.05, 0) is 71.8 Å². The summed E-state index contributed by atoms with van der Waals surface area (Å²) in [6, 6.07) is 12.6. The van der Waals surface area contributed by atoms with Crippen LogP contribution in [0.15, 0.2) is 83.1 Å². The number of alkyl halides is 6. The minimum atomic E-state index is -6.07. The summed E-state index contributed by atoms with van der Waals surface area (Å²) in [4.78, 5) is 39.7. The van der Waals surface area contributed by atoms with Gasteiger partial charge in [-0.3, -0.25) is 9.59 Å². The fourth-order valence-electron chi connectivity index (χ4n) is 5.42. The number of aromatic nitrogens is 4. The molecular formula is C33H22Cl2F6N6O4S2. The summed E-state index contributed by atoms with van der Waals surface area (Å²) in [5.74, 6) is -4.26. The highest BCUT2D eigenvalue weighted by atomic mass is 35.5. The number of hydrogen-bond acceptors (Lipinski definition) is 8. The number of aromatic hydroxyl groups is 2. The lowest BCUT2D eigenvalue weighted by Gasteiger charge is -2.38. The molecule has 6 aromatic rings. The van der Waals surface area contributed by atoms with Crippen LogP contribution in [0.5, 0.6) is 11.5 Å². The Morgan fingerprint density at radius 3 is 1.40 bits per heavy atom. The number of rotatable bonds is 10. The lowest BCUT2D eigenvalue weighted by Crippen LogP contribution is -2.54. The van der Waals surface area contributed by atoms with E-state index in [0.717, 1.165) is 23.5 Å². The molecule has 0 saturated heterocycles. The second-order valence-electron chi connectivity index (χ2n) is 11.3. The number of amides is 2. The smallest absolute Gasteiger partial charge is 0.411 e. The lowest BCUT2D eigenvalue weighted by atomic mass is 9.72. The first-order valence-corrected chi connectivity index (χ1v) is 17.6. The second-order valence-corrected chi connectivity index (χ2v) is 14.1. The van der Waals surface area contributed by atoms with E-state index in [4.69, 9.17) is 23.2 Å². The number of imidazole rings is 2. The number of halogens is 8. The first-order chi connectivity index (χ1) is 24.9. The predicted molar refractivity (Wildman–Crippen MR) is 190 cm³/mol. The van der Waals surface area contributed by atoms with Crippen molar-refractivity contribution in [2.24, 2.45) is 0 Å². The van der Waals surface area contributed by atoms with Crippen LogP contribution in [-0.2, 0) is 15.0 Å². The molecule has 0 saturated carbocycles. The quantitative estimate of drug-likeness (QED) is 0.0455. The van der Waals surface area contributed by atoms with E-state index < -0.39 is 63.6 Å². The number of thioether (sulfide) groups is 2. The number of nitrogens with zero attached hydrogens (tertiary/aromatic N) is 2. The summed E-state index contributed by atoms with van der Waals surface area (Å²) in [6.45, 7) is 0. The third-order valence-corrected chi connectivity index (χ3v) is 10.0. The number of carbonyl (C=O) groups is 2. The summed E-state index contributed by atoms with van der Waals surface area (Å²) < 4.78 is 88.7. The molecule has 0 bridgehead atoms. The van der Waals surface area contributed by atoms with E-state index in [-0.39, 0.29) is 23.6 Å². The zero-order valence-corrected chi connectivity index (χ0v) is 29.4. The Bertz CT molecular complexity index is 2210. The molecule has 6 rings (SSSR count). The van der Waals surface area contributed by atoms with Crippen molar-refractivity contribution in [3.05, 3.63) is 94.0 Å². The zero-order valence-electron chi connectivity index (χ0n) is 26.3. The molecule has 0 aliphatic carbocycles. The number of H-pyrrole nitrogens is 2.